The summed E-state index contributed by atoms with van der Waals surface area (Å²) in [6.07, 6.45) is 3.37. The summed E-state index contributed by atoms with van der Waals surface area (Å²) in [5, 5.41) is 0. The summed E-state index contributed by atoms with van der Waals surface area (Å²) in [7, 11) is 0. The minimum absolute atomic E-state index is 0.00354. The van der Waals surface area contributed by atoms with E-state index in [2.05, 4.69) is 4.90 Å². The molecule has 2 N–H and O–H groups in total. The number of carbonyl (C=O) groups excluding carboxylic acids is 1. The van der Waals surface area contributed by atoms with Crippen LogP contribution in [0.2, 0.25) is 0 Å². The molecule has 3 rings (SSSR count). The molecule has 0 aliphatic carbocycles. The van der Waals surface area contributed by atoms with Gasteiger partial charge in [0.05, 0.1) is 0 Å². The lowest BCUT2D eigenvalue weighted by Gasteiger charge is -2.35. The highest BCUT2D eigenvalue weighted by Gasteiger charge is 2.19. The molecule has 0 saturated carbocycles. The van der Waals surface area contributed by atoms with Crippen LogP contribution in [-0.4, -0.2) is 37.0 Å². The number of rotatable bonds is 3. The molecule has 4 nitrogen and oxygen atoms in total. The lowest BCUT2D eigenvalue weighted by Crippen LogP contribution is -2.48. The lowest BCUT2D eigenvalue weighted by molar-refractivity contribution is -0.126. The summed E-state index contributed by atoms with van der Waals surface area (Å²) in [6, 6.07) is 13.9. The molecule has 2 aromatic rings. The minimum Gasteiger partial charge on any atom is -0.399 e. The summed E-state index contributed by atoms with van der Waals surface area (Å²) in [4.78, 5) is 16.3. The highest BCUT2D eigenvalue weighted by molar-refractivity contribution is 5.92. The van der Waals surface area contributed by atoms with Crippen LogP contribution in [0.25, 0.3) is 6.08 Å². The molecule has 124 valence electrons. The largest absolute Gasteiger partial charge is 0.399 e. The SMILES string of the molecule is Nc1cccc(/C=C/C(=O)N2CCN(c3ccc(F)cc3)CC2)c1. The summed E-state index contributed by atoms with van der Waals surface area (Å²) >= 11 is 0. The molecule has 1 fully saturated rings. The summed E-state index contributed by atoms with van der Waals surface area (Å²) in [5.41, 5.74) is 8.30. The predicted molar refractivity (Wildman–Crippen MR) is 95.1 cm³/mol. The standard InChI is InChI=1S/C19H20FN3O/c20-16-5-7-18(8-6-16)22-10-12-23(13-11-22)19(24)9-4-15-2-1-3-17(21)14-15/h1-9,14H,10-13,21H2/b9-4+. The molecule has 1 aliphatic rings. The molecular formula is C19H20FN3O. The van der Waals surface area contributed by atoms with E-state index in [1.54, 1.807) is 24.3 Å². The van der Waals surface area contributed by atoms with E-state index in [1.807, 2.05) is 29.2 Å². The Morgan fingerprint density at radius 1 is 1.04 bits per heavy atom. The van der Waals surface area contributed by atoms with Crippen LogP contribution in [0.3, 0.4) is 0 Å². The van der Waals surface area contributed by atoms with Crippen LogP contribution in [0.4, 0.5) is 15.8 Å². The fraction of sp³-hybridized carbons (Fsp3) is 0.211. The molecule has 1 amide bonds. The van der Waals surface area contributed by atoms with Gasteiger partial charge in [0.25, 0.3) is 0 Å². The van der Waals surface area contributed by atoms with Crippen molar-refractivity contribution in [2.75, 3.05) is 36.8 Å². The molecule has 0 radical (unpaired) electrons. The van der Waals surface area contributed by atoms with E-state index in [9.17, 15) is 9.18 Å². The minimum atomic E-state index is -0.237. The van der Waals surface area contributed by atoms with Gasteiger partial charge in [0.15, 0.2) is 0 Å². The van der Waals surface area contributed by atoms with Crippen LogP contribution >= 0.6 is 0 Å². The first-order chi connectivity index (χ1) is 11.6. The molecule has 0 spiro atoms. The van der Waals surface area contributed by atoms with Gasteiger partial charge in [0, 0.05) is 43.6 Å². The molecule has 0 unspecified atom stereocenters. The molecule has 1 heterocycles. The number of carbonyl (C=O) groups is 1. The Morgan fingerprint density at radius 2 is 1.75 bits per heavy atom. The first-order valence-electron chi connectivity index (χ1n) is 7.95. The molecule has 2 aromatic carbocycles. The zero-order valence-electron chi connectivity index (χ0n) is 13.4. The van der Waals surface area contributed by atoms with Crippen LogP contribution < -0.4 is 10.6 Å². The van der Waals surface area contributed by atoms with Gasteiger partial charge in [-0.2, -0.15) is 0 Å². The van der Waals surface area contributed by atoms with Gasteiger partial charge in [-0.15, -0.1) is 0 Å². The quantitative estimate of drug-likeness (QED) is 0.697. The monoisotopic (exact) mass is 325 g/mol. The maximum atomic E-state index is 13.0. The van der Waals surface area contributed by atoms with E-state index in [0.29, 0.717) is 18.8 Å². The van der Waals surface area contributed by atoms with E-state index in [0.717, 1.165) is 24.3 Å². The highest BCUT2D eigenvalue weighted by atomic mass is 19.1. The van der Waals surface area contributed by atoms with Gasteiger partial charge in [-0.05, 0) is 48.0 Å². The molecule has 24 heavy (non-hydrogen) atoms. The first-order valence-corrected chi connectivity index (χ1v) is 7.95. The van der Waals surface area contributed by atoms with E-state index < -0.39 is 0 Å². The number of amides is 1. The zero-order chi connectivity index (χ0) is 16.9. The van der Waals surface area contributed by atoms with Gasteiger partial charge in [0.1, 0.15) is 5.82 Å². The normalized spacial score (nSPS) is 15.0. The van der Waals surface area contributed by atoms with Crippen LogP contribution in [-0.2, 0) is 4.79 Å². The second-order valence-corrected chi connectivity index (χ2v) is 5.79. The van der Waals surface area contributed by atoms with Crippen molar-refractivity contribution in [3.63, 3.8) is 0 Å². The van der Waals surface area contributed by atoms with E-state index in [4.69, 9.17) is 5.73 Å². The maximum absolute atomic E-state index is 13.0. The van der Waals surface area contributed by atoms with Gasteiger partial charge >= 0.3 is 0 Å². The second-order valence-electron chi connectivity index (χ2n) is 5.79. The van der Waals surface area contributed by atoms with Crippen molar-refractivity contribution in [2.45, 2.75) is 0 Å². The molecule has 0 bridgehead atoms. The Morgan fingerprint density at radius 3 is 2.42 bits per heavy atom. The number of anilines is 2. The van der Waals surface area contributed by atoms with Crippen molar-refractivity contribution in [2.24, 2.45) is 0 Å². The van der Waals surface area contributed by atoms with Crippen molar-refractivity contribution in [1.82, 2.24) is 4.90 Å². The molecule has 5 heteroatoms. The molecule has 0 atom stereocenters. The van der Waals surface area contributed by atoms with E-state index >= 15 is 0 Å². The molecule has 1 saturated heterocycles. The Bertz CT molecular complexity index is 735. The number of nitrogens with two attached hydrogens (primary N) is 1. The van der Waals surface area contributed by atoms with Crippen LogP contribution in [0.5, 0.6) is 0 Å². The lowest BCUT2D eigenvalue weighted by atomic mass is 10.2. The Hall–Kier alpha value is -2.82. The van der Waals surface area contributed by atoms with Crippen LogP contribution in [0, 0.1) is 5.82 Å². The van der Waals surface area contributed by atoms with Gasteiger partial charge in [-0.3, -0.25) is 4.79 Å². The Kier molecular flexibility index (Phi) is 4.79. The number of benzene rings is 2. The fourth-order valence-corrected chi connectivity index (χ4v) is 2.77. The van der Waals surface area contributed by atoms with Crippen LogP contribution in [0.1, 0.15) is 5.56 Å². The van der Waals surface area contributed by atoms with Gasteiger partial charge in [0.2, 0.25) is 5.91 Å². The van der Waals surface area contributed by atoms with E-state index in [-0.39, 0.29) is 11.7 Å². The first kappa shape index (κ1) is 16.1. The predicted octanol–water partition coefficient (Wildman–Crippen LogP) is 2.77. The average molecular weight is 325 g/mol. The number of hydrogen-bond acceptors (Lipinski definition) is 3. The smallest absolute Gasteiger partial charge is 0.246 e. The fourth-order valence-electron chi connectivity index (χ4n) is 2.77. The number of hydrogen-bond donors (Lipinski definition) is 1. The van der Waals surface area contributed by atoms with Crippen LogP contribution in [0.15, 0.2) is 54.6 Å². The third kappa shape index (κ3) is 3.93. The Balaban J connectivity index is 1.56. The summed E-state index contributed by atoms with van der Waals surface area (Å²) < 4.78 is 13.0. The highest BCUT2D eigenvalue weighted by Crippen LogP contribution is 2.17. The second kappa shape index (κ2) is 7.17. The average Bonchev–Trinajstić information content (AvgIpc) is 2.61. The molecular weight excluding hydrogens is 305 g/mol. The van der Waals surface area contributed by atoms with Gasteiger partial charge < -0.3 is 15.5 Å². The van der Waals surface area contributed by atoms with Crippen molar-refractivity contribution in [3.05, 3.63) is 66.0 Å². The van der Waals surface area contributed by atoms with Crippen molar-refractivity contribution in [1.29, 1.82) is 0 Å². The van der Waals surface area contributed by atoms with E-state index in [1.165, 1.54) is 12.1 Å². The van der Waals surface area contributed by atoms with Gasteiger partial charge in [-0.25, -0.2) is 4.39 Å². The van der Waals surface area contributed by atoms with Crippen molar-refractivity contribution < 1.29 is 9.18 Å². The van der Waals surface area contributed by atoms with Crippen molar-refractivity contribution in [3.8, 4) is 0 Å². The zero-order valence-corrected chi connectivity index (χ0v) is 13.4. The molecule has 1 aliphatic heterocycles. The third-order valence-electron chi connectivity index (χ3n) is 4.11. The number of piperazine rings is 1. The maximum Gasteiger partial charge on any atom is 0.246 e. The van der Waals surface area contributed by atoms with Crippen molar-refractivity contribution >= 4 is 23.4 Å². The summed E-state index contributed by atoms with van der Waals surface area (Å²) in [6.45, 7) is 2.78. The topological polar surface area (TPSA) is 49.6 Å². The summed E-state index contributed by atoms with van der Waals surface area (Å²) in [5.74, 6) is -0.240. The number of nitrogens with zero attached hydrogens (tertiary/aromatic N) is 2. The Labute approximate surface area is 141 Å². The third-order valence-corrected chi connectivity index (χ3v) is 4.11. The van der Waals surface area contributed by atoms with Gasteiger partial charge in [-0.1, -0.05) is 12.1 Å². The number of halogens is 1. The number of nitrogen functional groups attached to an aromatic ring is 1. The molecule has 0 aromatic heterocycles.